The summed E-state index contributed by atoms with van der Waals surface area (Å²) in [7, 11) is 0. The third kappa shape index (κ3) is 2.68. The molecule has 1 heterocycles. The molecule has 0 atom stereocenters. The molecule has 0 unspecified atom stereocenters. The van der Waals surface area contributed by atoms with Gasteiger partial charge in [-0.1, -0.05) is 17.7 Å². The predicted octanol–water partition coefficient (Wildman–Crippen LogP) is 3.90. The van der Waals surface area contributed by atoms with Gasteiger partial charge in [-0.05, 0) is 12.1 Å². The van der Waals surface area contributed by atoms with Crippen LogP contribution in [0.2, 0.25) is 5.15 Å². The first-order valence-corrected chi connectivity index (χ1v) is 4.98. The lowest BCUT2D eigenvalue weighted by Gasteiger charge is -2.07. The van der Waals surface area contributed by atoms with Crippen LogP contribution in [0.25, 0.3) is 0 Å². The van der Waals surface area contributed by atoms with Gasteiger partial charge in [-0.3, -0.25) is 0 Å². The van der Waals surface area contributed by atoms with Gasteiger partial charge in [-0.15, -0.1) is 0 Å². The number of nitrogens with one attached hydrogen (secondary N) is 1. The lowest BCUT2D eigenvalue weighted by molar-refractivity contribution is 0.498. The minimum atomic E-state index is -1.27. The highest BCUT2D eigenvalue weighted by atomic mass is 35.5. The number of anilines is 2. The fourth-order valence-corrected chi connectivity index (χ4v) is 1.43. The van der Waals surface area contributed by atoms with Crippen LogP contribution >= 0.6 is 11.6 Å². The van der Waals surface area contributed by atoms with E-state index >= 15 is 0 Å². The Morgan fingerprint density at radius 3 is 2.59 bits per heavy atom. The van der Waals surface area contributed by atoms with Crippen molar-refractivity contribution in [2.24, 2.45) is 0 Å². The number of hydrogen-bond acceptors (Lipinski definition) is 2. The van der Waals surface area contributed by atoms with Gasteiger partial charge in [0.15, 0.2) is 11.6 Å². The van der Waals surface area contributed by atoms with Crippen molar-refractivity contribution in [3.63, 3.8) is 0 Å². The maximum atomic E-state index is 13.3. The van der Waals surface area contributed by atoms with Crippen molar-refractivity contribution in [2.45, 2.75) is 0 Å². The predicted molar refractivity (Wildman–Crippen MR) is 58.8 cm³/mol. The summed E-state index contributed by atoms with van der Waals surface area (Å²) < 4.78 is 39.1. The number of aromatic nitrogens is 1. The van der Waals surface area contributed by atoms with Gasteiger partial charge in [-0.2, -0.15) is 0 Å². The Morgan fingerprint density at radius 2 is 1.88 bits per heavy atom. The fourth-order valence-electron chi connectivity index (χ4n) is 1.26. The second-order valence-electron chi connectivity index (χ2n) is 3.22. The van der Waals surface area contributed by atoms with Crippen molar-refractivity contribution in [3.05, 3.63) is 52.9 Å². The summed E-state index contributed by atoms with van der Waals surface area (Å²) >= 11 is 5.62. The minimum Gasteiger partial charge on any atom is -0.338 e. The van der Waals surface area contributed by atoms with Crippen LogP contribution in [-0.4, -0.2) is 4.98 Å². The average molecular weight is 259 g/mol. The molecule has 0 saturated heterocycles. The van der Waals surface area contributed by atoms with Gasteiger partial charge < -0.3 is 5.32 Å². The molecule has 0 aliphatic rings. The highest BCUT2D eigenvalue weighted by Crippen LogP contribution is 2.22. The molecule has 1 N–H and O–H groups in total. The minimum absolute atomic E-state index is 0.187. The fraction of sp³-hybridized carbons (Fsp3) is 0. The molecule has 0 radical (unpaired) electrons. The van der Waals surface area contributed by atoms with E-state index in [0.29, 0.717) is 6.07 Å². The first-order chi connectivity index (χ1) is 8.06. The Kier molecular flexibility index (Phi) is 3.19. The lowest BCUT2D eigenvalue weighted by atomic mass is 10.2. The first-order valence-electron chi connectivity index (χ1n) is 4.60. The molecule has 0 bridgehead atoms. The molecule has 6 heteroatoms. The van der Waals surface area contributed by atoms with Crippen molar-refractivity contribution in [2.75, 3.05) is 5.32 Å². The largest absolute Gasteiger partial charge is 0.338 e. The molecule has 2 rings (SSSR count). The molecule has 0 aliphatic heterocycles. The zero-order valence-corrected chi connectivity index (χ0v) is 9.10. The molecular formula is C11H6ClF3N2. The third-order valence-corrected chi connectivity index (χ3v) is 2.18. The zero-order valence-electron chi connectivity index (χ0n) is 8.35. The molecule has 0 aliphatic carbocycles. The summed E-state index contributed by atoms with van der Waals surface area (Å²) in [5, 5.41) is 2.63. The summed E-state index contributed by atoms with van der Waals surface area (Å²) in [4.78, 5) is 3.81. The summed E-state index contributed by atoms with van der Waals surface area (Å²) in [6, 6.07) is 5.89. The van der Waals surface area contributed by atoms with Crippen LogP contribution < -0.4 is 5.32 Å². The number of rotatable bonds is 2. The molecule has 0 spiro atoms. The van der Waals surface area contributed by atoms with Crippen molar-refractivity contribution >= 4 is 23.1 Å². The third-order valence-electron chi connectivity index (χ3n) is 1.97. The van der Waals surface area contributed by atoms with E-state index in [9.17, 15) is 13.2 Å². The van der Waals surface area contributed by atoms with E-state index in [1.807, 2.05) is 0 Å². The number of benzene rings is 1. The molecule has 0 amide bonds. The van der Waals surface area contributed by atoms with Crippen molar-refractivity contribution in [3.8, 4) is 0 Å². The zero-order chi connectivity index (χ0) is 12.4. The van der Waals surface area contributed by atoms with E-state index < -0.39 is 17.5 Å². The number of hydrogen-bond donors (Lipinski definition) is 1. The summed E-state index contributed by atoms with van der Waals surface area (Å²) in [5.74, 6) is -3.13. The maximum absolute atomic E-state index is 13.3. The summed E-state index contributed by atoms with van der Waals surface area (Å²) in [6.07, 6.45) is 0. The van der Waals surface area contributed by atoms with Crippen LogP contribution in [0, 0.1) is 17.5 Å². The Labute approximate surface area is 100 Å². The maximum Gasteiger partial charge on any atom is 0.182 e. The summed E-state index contributed by atoms with van der Waals surface area (Å²) in [5.41, 5.74) is -0.336. The molecule has 0 saturated carbocycles. The quantitative estimate of drug-likeness (QED) is 0.653. The topological polar surface area (TPSA) is 24.9 Å². The highest BCUT2D eigenvalue weighted by molar-refractivity contribution is 6.29. The number of halogens is 4. The van der Waals surface area contributed by atoms with Crippen LogP contribution in [-0.2, 0) is 0 Å². The number of nitrogens with zero attached hydrogens (tertiary/aromatic N) is 1. The first kappa shape index (κ1) is 11.7. The molecule has 1 aromatic heterocycles. The normalized spacial score (nSPS) is 10.4. The number of pyridine rings is 1. The molecule has 88 valence electrons. The van der Waals surface area contributed by atoms with Crippen LogP contribution in [0.4, 0.5) is 24.7 Å². The van der Waals surface area contributed by atoms with Crippen molar-refractivity contribution in [1.82, 2.24) is 4.98 Å². The van der Waals surface area contributed by atoms with E-state index in [1.165, 1.54) is 12.1 Å². The smallest absolute Gasteiger partial charge is 0.182 e. The molecule has 17 heavy (non-hydrogen) atoms. The Bertz CT molecular complexity index is 560. The Morgan fingerprint density at radius 1 is 1.12 bits per heavy atom. The van der Waals surface area contributed by atoms with Crippen LogP contribution in [0.5, 0.6) is 0 Å². The van der Waals surface area contributed by atoms with E-state index in [2.05, 4.69) is 10.3 Å². The van der Waals surface area contributed by atoms with Crippen molar-refractivity contribution in [1.29, 1.82) is 0 Å². The van der Waals surface area contributed by atoms with Gasteiger partial charge in [0.25, 0.3) is 0 Å². The summed E-state index contributed by atoms with van der Waals surface area (Å²) in [6.45, 7) is 0. The standard InChI is InChI=1S/C11H6ClF3N2/c12-9-2-1-3-10(17-9)16-8-5-6(13)4-7(14)11(8)15/h1-5H,(H,16,17). The van der Waals surface area contributed by atoms with Crippen LogP contribution in [0.3, 0.4) is 0 Å². The monoisotopic (exact) mass is 258 g/mol. The molecule has 0 fully saturated rings. The van der Waals surface area contributed by atoms with Crippen LogP contribution in [0.15, 0.2) is 30.3 Å². The SMILES string of the molecule is Fc1cc(F)c(F)c(Nc2cccc(Cl)n2)c1. The van der Waals surface area contributed by atoms with E-state index in [1.54, 1.807) is 6.07 Å². The average Bonchev–Trinajstić information content (AvgIpc) is 2.25. The molecule has 1 aromatic carbocycles. The van der Waals surface area contributed by atoms with Gasteiger partial charge >= 0.3 is 0 Å². The van der Waals surface area contributed by atoms with E-state index in [0.717, 1.165) is 6.07 Å². The van der Waals surface area contributed by atoms with Gasteiger partial charge in [0.1, 0.15) is 16.8 Å². The molecule has 2 aromatic rings. The highest BCUT2D eigenvalue weighted by Gasteiger charge is 2.11. The van der Waals surface area contributed by atoms with E-state index in [4.69, 9.17) is 11.6 Å². The molecular weight excluding hydrogens is 253 g/mol. The van der Waals surface area contributed by atoms with Crippen molar-refractivity contribution < 1.29 is 13.2 Å². The van der Waals surface area contributed by atoms with E-state index in [-0.39, 0.29) is 16.7 Å². The Hall–Kier alpha value is -1.75. The Balaban J connectivity index is 2.36. The van der Waals surface area contributed by atoms with Gasteiger partial charge in [0.2, 0.25) is 0 Å². The second kappa shape index (κ2) is 4.63. The van der Waals surface area contributed by atoms with Gasteiger partial charge in [-0.25, -0.2) is 18.2 Å². The van der Waals surface area contributed by atoms with Gasteiger partial charge in [0, 0.05) is 12.1 Å². The second-order valence-corrected chi connectivity index (χ2v) is 3.61. The van der Waals surface area contributed by atoms with Gasteiger partial charge in [0.05, 0.1) is 5.69 Å². The lowest BCUT2D eigenvalue weighted by Crippen LogP contribution is -1.99. The van der Waals surface area contributed by atoms with Crippen LogP contribution in [0.1, 0.15) is 0 Å². The molecule has 2 nitrogen and oxygen atoms in total.